The highest BCUT2D eigenvalue weighted by atomic mass is 16.2. The number of carbonyl (C=O) groups excluding carboxylic acids is 1. The quantitative estimate of drug-likeness (QED) is 0.900. The fourth-order valence-electron chi connectivity index (χ4n) is 4.10. The summed E-state index contributed by atoms with van der Waals surface area (Å²) in [7, 11) is 0. The van der Waals surface area contributed by atoms with Gasteiger partial charge in [0.05, 0.1) is 5.41 Å². The number of likely N-dealkylation sites (tertiary alicyclic amines) is 1. The molecule has 4 rings (SSSR count). The number of rotatable bonds is 2. The van der Waals surface area contributed by atoms with Crippen molar-refractivity contribution in [1.29, 1.82) is 0 Å². The van der Waals surface area contributed by atoms with Crippen LogP contribution in [0.15, 0.2) is 24.3 Å². The fourth-order valence-corrected chi connectivity index (χ4v) is 4.10. The lowest BCUT2D eigenvalue weighted by Crippen LogP contribution is -2.43. The van der Waals surface area contributed by atoms with Crippen LogP contribution in [0.2, 0.25) is 0 Å². The highest BCUT2D eigenvalue weighted by Crippen LogP contribution is 2.53. The molecule has 1 N–H and O–H groups in total. The van der Waals surface area contributed by atoms with Crippen LogP contribution in [0.5, 0.6) is 0 Å². The third kappa shape index (κ3) is 1.98. The molecule has 1 amide bonds. The van der Waals surface area contributed by atoms with Gasteiger partial charge in [-0.25, -0.2) is 0 Å². The number of nitrogens with one attached hydrogen (secondary N) is 1. The Morgan fingerprint density at radius 1 is 1.23 bits per heavy atom. The summed E-state index contributed by atoms with van der Waals surface area (Å²) in [5, 5.41) is 1.23. The number of benzene rings is 1. The zero-order chi connectivity index (χ0) is 15.3. The van der Waals surface area contributed by atoms with Gasteiger partial charge in [-0.2, -0.15) is 0 Å². The normalized spacial score (nSPS) is 21.3. The molecule has 1 saturated carbocycles. The van der Waals surface area contributed by atoms with E-state index in [-0.39, 0.29) is 5.41 Å². The van der Waals surface area contributed by atoms with Crippen molar-refractivity contribution in [3.05, 3.63) is 35.5 Å². The lowest BCUT2D eigenvalue weighted by Gasteiger charge is -2.33. The Bertz CT molecular complexity index is 718. The summed E-state index contributed by atoms with van der Waals surface area (Å²) >= 11 is 0. The van der Waals surface area contributed by atoms with Crippen LogP contribution in [0.25, 0.3) is 10.9 Å². The van der Waals surface area contributed by atoms with E-state index in [4.69, 9.17) is 0 Å². The molecule has 0 bridgehead atoms. The molecule has 1 aliphatic heterocycles. The first-order valence-electron chi connectivity index (χ1n) is 8.49. The Labute approximate surface area is 131 Å². The van der Waals surface area contributed by atoms with Gasteiger partial charge in [-0.3, -0.25) is 4.79 Å². The number of amides is 1. The number of aryl methyl sites for hydroxylation is 1. The van der Waals surface area contributed by atoms with Crippen molar-refractivity contribution in [3.63, 3.8) is 0 Å². The molecule has 2 aliphatic rings. The summed E-state index contributed by atoms with van der Waals surface area (Å²) in [5.41, 5.74) is 3.33. The van der Waals surface area contributed by atoms with Crippen molar-refractivity contribution < 1.29 is 4.79 Å². The van der Waals surface area contributed by atoms with Crippen molar-refractivity contribution in [1.82, 2.24) is 9.88 Å². The lowest BCUT2D eigenvalue weighted by molar-refractivity contribution is -0.135. The molecule has 1 saturated heterocycles. The molecule has 2 fully saturated rings. The minimum absolute atomic E-state index is 0.246. The summed E-state index contributed by atoms with van der Waals surface area (Å²) in [6.07, 6.45) is 4.30. The van der Waals surface area contributed by atoms with Gasteiger partial charge in [0.15, 0.2) is 0 Å². The van der Waals surface area contributed by atoms with E-state index in [2.05, 4.69) is 48.0 Å². The van der Waals surface area contributed by atoms with E-state index in [1.165, 1.54) is 10.9 Å². The second-order valence-corrected chi connectivity index (χ2v) is 7.23. The molecule has 3 nitrogen and oxygen atoms in total. The number of carbonyl (C=O) groups is 1. The first kappa shape index (κ1) is 13.9. The van der Waals surface area contributed by atoms with E-state index >= 15 is 0 Å². The maximum Gasteiger partial charge on any atom is 0.233 e. The number of piperidine rings is 1. The highest BCUT2D eigenvalue weighted by molar-refractivity contribution is 5.98. The van der Waals surface area contributed by atoms with Crippen molar-refractivity contribution in [2.24, 2.45) is 5.92 Å². The minimum Gasteiger partial charge on any atom is -0.358 e. The van der Waals surface area contributed by atoms with Crippen LogP contribution in [0.3, 0.4) is 0 Å². The number of para-hydroxylation sites is 1. The Morgan fingerprint density at radius 3 is 2.59 bits per heavy atom. The number of nitrogens with zero attached hydrogens (tertiary/aromatic N) is 1. The molecule has 0 spiro atoms. The van der Waals surface area contributed by atoms with E-state index in [0.717, 1.165) is 55.9 Å². The van der Waals surface area contributed by atoms with Crippen LogP contribution >= 0.6 is 0 Å². The molecule has 116 valence electrons. The van der Waals surface area contributed by atoms with E-state index in [0.29, 0.717) is 5.91 Å². The first-order valence-corrected chi connectivity index (χ1v) is 8.49. The number of fused-ring (bicyclic) bond motifs is 1. The van der Waals surface area contributed by atoms with Crippen LogP contribution in [0.1, 0.15) is 43.9 Å². The second kappa shape index (κ2) is 4.87. The number of aromatic nitrogens is 1. The maximum absolute atomic E-state index is 13.2. The zero-order valence-electron chi connectivity index (χ0n) is 13.5. The summed E-state index contributed by atoms with van der Waals surface area (Å²) in [6, 6.07) is 8.38. The molecule has 1 aromatic heterocycles. The minimum atomic E-state index is -0.246. The number of hydrogen-bond donors (Lipinski definition) is 1. The number of H-pyrrole nitrogens is 1. The first-order chi connectivity index (χ1) is 10.6. The van der Waals surface area contributed by atoms with Gasteiger partial charge in [-0.05, 0) is 50.2 Å². The topological polar surface area (TPSA) is 36.1 Å². The molecule has 0 radical (unpaired) electrons. The Kier molecular flexibility index (Phi) is 3.07. The van der Waals surface area contributed by atoms with Gasteiger partial charge in [0.25, 0.3) is 0 Å². The molecule has 3 heteroatoms. The predicted octanol–water partition coefficient (Wildman–Crippen LogP) is 3.77. The number of hydrogen-bond acceptors (Lipinski definition) is 1. The molecular formula is C19H24N2O. The Balaban J connectivity index is 1.71. The third-order valence-corrected chi connectivity index (χ3v) is 5.60. The van der Waals surface area contributed by atoms with Crippen LogP contribution in [0.4, 0.5) is 0 Å². The standard InChI is InChI=1S/C19H24N2O/c1-13-7-11-21(12-8-13)18(22)19(9-10-19)17-14(2)20-16-6-4-3-5-15(16)17/h3-6,13,20H,7-12H2,1-2H3. The van der Waals surface area contributed by atoms with E-state index in [1.807, 2.05) is 0 Å². The molecule has 2 aromatic rings. The zero-order valence-corrected chi connectivity index (χ0v) is 13.5. The van der Waals surface area contributed by atoms with Gasteiger partial charge >= 0.3 is 0 Å². The molecule has 22 heavy (non-hydrogen) atoms. The smallest absolute Gasteiger partial charge is 0.233 e. The second-order valence-electron chi connectivity index (χ2n) is 7.23. The van der Waals surface area contributed by atoms with E-state index in [9.17, 15) is 4.79 Å². The van der Waals surface area contributed by atoms with Crippen LogP contribution < -0.4 is 0 Å². The average molecular weight is 296 g/mol. The summed E-state index contributed by atoms with van der Waals surface area (Å²) in [6.45, 7) is 6.27. The van der Waals surface area contributed by atoms with Crippen molar-refractivity contribution >= 4 is 16.8 Å². The maximum atomic E-state index is 13.2. The summed E-state index contributed by atoms with van der Waals surface area (Å²) < 4.78 is 0. The van der Waals surface area contributed by atoms with Gasteiger partial charge in [-0.15, -0.1) is 0 Å². The molecule has 0 unspecified atom stereocenters. The van der Waals surface area contributed by atoms with E-state index < -0.39 is 0 Å². The third-order valence-electron chi connectivity index (χ3n) is 5.60. The van der Waals surface area contributed by atoms with E-state index in [1.54, 1.807) is 0 Å². The monoisotopic (exact) mass is 296 g/mol. The SMILES string of the molecule is Cc1[nH]c2ccccc2c1C1(C(=O)N2CCC(C)CC2)CC1. The molecule has 1 aromatic carbocycles. The number of aromatic amines is 1. The van der Waals surface area contributed by atoms with Crippen LogP contribution in [-0.4, -0.2) is 28.9 Å². The lowest BCUT2D eigenvalue weighted by atomic mass is 9.90. The van der Waals surface area contributed by atoms with Crippen molar-refractivity contribution in [2.75, 3.05) is 13.1 Å². The van der Waals surface area contributed by atoms with Gasteiger partial charge in [-0.1, -0.05) is 25.1 Å². The van der Waals surface area contributed by atoms with Gasteiger partial charge in [0.1, 0.15) is 0 Å². The largest absolute Gasteiger partial charge is 0.358 e. The van der Waals surface area contributed by atoms with Crippen LogP contribution in [0, 0.1) is 12.8 Å². The molecule has 0 atom stereocenters. The van der Waals surface area contributed by atoms with Crippen molar-refractivity contribution in [3.8, 4) is 0 Å². The molecule has 2 heterocycles. The Morgan fingerprint density at radius 2 is 1.91 bits per heavy atom. The van der Waals surface area contributed by atoms with Gasteiger partial charge in [0, 0.05) is 29.7 Å². The Hall–Kier alpha value is -1.77. The predicted molar refractivity (Wildman–Crippen MR) is 88.9 cm³/mol. The summed E-state index contributed by atoms with van der Waals surface area (Å²) in [5.74, 6) is 1.13. The molecule has 1 aliphatic carbocycles. The fraction of sp³-hybridized carbons (Fsp3) is 0.526. The molecular weight excluding hydrogens is 272 g/mol. The van der Waals surface area contributed by atoms with Gasteiger partial charge in [0.2, 0.25) is 5.91 Å². The highest BCUT2D eigenvalue weighted by Gasteiger charge is 2.55. The summed E-state index contributed by atoms with van der Waals surface area (Å²) in [4.78, 5) is 18.8. The van der Waals surface area contributed by atoms with Crippen LogP contribution in [-0.2, 0) is 10.2 Å². The van der Waals surface area contributed by atoms with Gasteiger partial charge < -0.3 is 9.88 Å². The van der Waals surface area contributed by atoms with Crippen molar-refractivity contribution in [2.45, 2.75) is 44.9 Å². The average Bonchev–Trinajstić information content (AvgIpc) is 3.24.